The molecule has 2 atom stereocenters. The minimum Gasteiger partial charge on any atom is -0.390 e. The molecule has 1 aromatic carbocycles. The van der Waals surface area contributed by atoms with Crippen molar-refractivity contribution in [1.29, 1.82) is 0 Å². The maximum atomic E-state index is 12.4. The van der Waals surface area contributed by atoms with Crippen molar-refractivity contribution in [2.45, 2.75) is 25.0 Å². The quantitative estimate of drug-likeness (QED) is 0.564. The monoisotopic (exact) mass is 332 g/mol. The molecular weight excluding hydrogens is 304 g/mol. The Morgan fingerprint density at radius 2 is 2.00 bits per heavy atom. The molecule has 2 aliphatic heterocycles. The summed E-state index contributed by atoms with van der Waals surface area (Å²) in [6, 6.07) is 8.08. The van der Waals surface area contributed by atoms with Crippen LogP contribution >= 0.6 is 0 Å². The highest BCUT2D eigenvalue weighted by Gasteiger charge is 2.23. The third-order valence-corrected chi connectivity index (χ3v) is 4.83. The van der Waals surface area contributed by atoms with Gasteiger partial charge >= 0.3 is 0 Å². The van der Waals surface area contributed by atoms with Crippen LogP contribution in [0.25, 0.3) is 0 Å². The van der Waals surface area contributed by atoms with Crippen molar-refractivity contribution in [3.8, 4) is 0 Å². The van der Waals surface area contributed by atoms with Gasteiger partial charge in [-0.25, -0.2) is 0 Å². The second kappa shape index (κ2) is 8.58. The highest BCUT2D eigenvalue weighted by Crippen LogP contribution is 2.14. The molecule has 1 fully saturated rings. The van der Waals surface area contributed by atoms with E-state index in [-0.39, 0.29) is 11.9 Å². The molecule has 3 rings (SSSR count). The van der Waals surface area contributed by atoms with Crippen LogP contribution in [-0.4, -0.2) is 73.9 Å². The molecule has 0 aromatic heterocycles. The van der Waals surface area contributed by atoms with E-state index < -0.39 is 6.10 Å². The molecule has 24 heavy (non-hydrogen) atoms. The number of hydrogen-bond donors (Lipinski definition) is 4. The van der Waals surface area contributed by atoms with Crippen LogP contribution in [0.15, 0.2) is 24.3 Å². The number of aliphatic hydroxyl groups is 1. The molecule has 1 unspecified atom stereocenters. The summed E-state index contributed by atoms with van der Waals surface area (Å²) < 4.78 is 0. The van der Waals surface area contributed by atoms with Gasteiger partial charge in [-0.3, -0.25) is 9.69 Å². The number of nitrogens with one attached hydrogen (secondary N) is 3. The van der Waals surface area contributed by atoms with Gasteiger partial charge in [0.05, 0.1) is 12.1 Å². The lowest BCUT2D eigenvalue weighted by Gasteiger charge is -2.29. The third kappa shape index (κ3) is 4.77. The largest absolute Gasteiger partial charge is 0.390 e. The first-order chi connectivity index (χ1) is 11.7. The van der Waals surface area contributed by atoms with Crippen molar-refractivity contribution in [2.24, 2.45) is 0 Å². The van der Waals surface area contributed by atoms with Gasteiger partial charge < -0.3 is 21.1 Å². The summed E-state index contributed by atoms with van der Waals surface area (Å²) in [6.45, 7) is 5.55. The average Bonchev–Trinajstić information content (AvgIpc) is 2.83. The number of piperazine rings is 1. The summed E-state index contributed by atoms with van der Waals surface area (Å²) in [5.74, 6) is -0.0222. The van der Waals surface area contributed by atoms with E-state index in [0.717, 1.165) is 39.1 Å². The topological polar surface area (TPSA) is 76.6 Å². The van der Waals surface area contributed by atoms with Crippen LogP contribution in [0.5, 0.6) is 0 Å². The molecule has 1 saturated heterocycles. The van der Waals surface area contributed by atoms with Gasteiger partial charge in [0.15, 0.2) is 0 Å². The Balaban J connectivity index is 1.46. The number of carbonyl (C=O) groups excluding carboxylic acids is 1. The number of carbonyl (C=O) groups is 1. The lowest BCUT2D eigenvalue weighted by molar-refractivity contribution is -0.123. The number of β-amino-alcohol motifs (C(OH)–C–C–N with tert-alkyl or cyclic N) is 1. The van der Waals surface area contributed by atoms with E-state index in [4.69, 9.17) is 0 Å². The minimum atomic E-state index is -0.523. The van der Waals surface area contributed by atoms with Gasteiger partial charge in [0.1, 0.15) is 0 Å². The Hall–Kier alpha value is -1.47. The van der Waals surface area contributed by atoms with E-state index in [2.05, 4.69) is 33.0 Å². The zero-order valence-electron chi connectivity index (χ0n) is 14.1. The molecule has 0 saturated carbocycles. The Labute approximate surface area is 143 Å². The summed E-state index contributed by atoms with van der Waals surface area (Å²) in [6.07, 6.45) is 1.13. The van der Waals surface area contributed by atoms with Gasteiger partial charge in [-0.05, 0) is 30.5 Å². The van der Waals surface area contributed by atoms with E-state index in [9.17, 15) is 9.90 Å². The van der Waals surface area contributed by atoms with Crippen molar-refractivity contribution >= 4 is 5.91 Å². The molecule has 4 N–H and O–H groups in total. The molecular formula is C18H28N4O2. The molecule has 0 spiro atoms. The number of aliphatic hydroxyl groups excluding tert-OH is 1. The predicted molar refractivity (Wildman–Crippen MR) is 94.0 cm³/mol. The first-order valence-electron chi connectivity index (χ1n) is 8.91. The number of hydrogen-bond acceptors (Lipinski definition) is 5. The van der Waals surface area contributed by atoms with Gasteiger partial charge in [0, 0.05) is 39.3 Å². The fourth-order valence-corrected chi connectivity index (χ4v) is 3.46. The van der Waals surface area contributed by atoms with E-state index in [1.54, 1.807) is 0 Å². The Morgan fingerprint density at radius 3 is 2.79 bits per heavy atom. The molecule has 1 amide bonds. The fourth-order valence-electron chi connectivity index (χ4n) is 3.46. The molecule has 2 aliphatic rings. The molecule has 0 aliphatic carbocycles. The fraction of sp³-hybridized carbons (Fsp3) is 0.611. The van der Waals surface area contributed by atoms with Crippen molar-refractivity contribution < 1.29 is 9.90 Å². The van der Waals surface area contributed by atoms with Gasteiger partial charge in [0.2, 0.25) is 5.91 Å². The summed E-state index contributed by atoms with van der Waals surface area (Å²) in [7, 11) is 0. The maximum Gasteiger partial charge on any atom is 0.237 e. The average molecular weight is 332 g/mol. The maximum absolute atomic E-state index is 12.4. The molecule has 1 aromatic rings. The predicted octanol–water partition coefficient (Wildman–Crippen LogP) is -0.874. The van der Waals surface area contributed by atoms with E-state index in [1.165, 1.54) is 11.1 Å². The second-order valence-electron chi connectivity index (χ2n) is 6.68. The first-order valence-corrected chi connectivity index (χ1v) is 8.91. The SMILES string of the molecule is O=C(NC[C@@H](O)CN1CCNCC1)C1Cc2ccccc2CCN1. The summed E-state index contributed by atoms with van der Waals surface area (Å²) >= 11 is 0. The highest BCUT2D eigenvalue weighted by molar-refractivity contribution is 5.82. The Kier molecular flexibility index (Phi) is 6.20. The van der Waals surface area contributed by atoms with Crippen molar-refractivity contribution in [3.05, 3.63) is 35.4 Å². The van der Waals surface area contributed by atoms with Gasteiger partial charge in [-0.15, -0.1) is 0 Å². The normalized spacial score (nSPS) is 23.1. The lowest BCUT2D eigenvalue weighted by Crippen LogP contribution is -2.50. The summed E-state index contributed by atoms with van der Waals surface area (Å²) in [5, 5.41) is 19.7. The number of amides is 1. The van der Waals surface area contributed by atoms with Crippen LogP contribution in [0.2, 0.25) is 0 Å². The number of benzene rings is 1. The Bertz CT molecular complexity index is 546. The van der Waals surface area contributed by atoms with Crippen molar-refractivity contribution in [1.82, 2.24) is 20.9 Å². The first kappa shape index (κ1) is 17.4. The van der Waals surface area contributed by atoms with Crippen LogP contribution in [-0.2, 0) is 17.6 Å². The standard InChI is InChI=1S/C18H28N4O2/c23-16(13-22-9-7-19-8-10-22)12-21-18(24)17-11-15-4-2-1-3-14(15)5-6-20-17/h1-4,16-17,19-20,23H,5-13H2,(H,21,24)/t16-,17?/m1/s1. The number of nitrogens with zero attached hydrogens (tertiary/aromatic N) is 1. The molecule has 132 valence electrons. The third-order valence-electron chi connectivity index (χ3n) is 4.83. The smallest absolute Gasteiger partial charge is 0.237 e. The zero-order valence-corrected chi connectivity index (χ0v) is 14.1. The van der Waals surface area contributed by atoms with Gasteiger partial charge in [-0.2, -0.15) is 0 Å². The van der Waals surface area contributed by atoms with E-state index in [1.807, 2.05) is 12.1 Å². The molecule has 6 heteroatoms. The van der Waals surface area contributed by atoms with Crippen LogP contribution in [0, 0.1) is 0 Å². The van der Waals surface area contributed by atoms with Crippen LogP contribution < -0.4 is 16.0 Å². The van der Waals surface area contributed by atoms with E-state index >= 15 is 0 Å². The van der Waals surface area contributed by atoms with E-state index in [0.29, 0.717) is 19.5 Å². The van der Waals surface area contributed by atoms with Gasteiger partial charge in [0.25, 0.3) is 0 Å². The van der Waals surface area contributed by atoms with Crippen LogP contribution in [0.1, 0.15) is 11.1 Å². The van der Waals surface area contributed by atoms with Crippen molar-refractivity contribution in [2.75, 3.05) is 45.8 Å². The van der Waals surface area contributed by atoms with Crippen LogP contribution in [0.4, 0.5) is 0 Å². The van der Waals surface area contributed by atoms with Crippen molar-refractivity contribution in [3.63, 3.8) is 0 Å². The molecule has 0 bridgehead atoms. The molecule has 2 heterocycles. The van der Waals surface area contributed by atoms with Crippen LogP contribution in [0.3, 0.4) is 0 Å². The summed E-state index contributed by atoms with van der Waals surface area (Å²) in [4.78, 5) is 14.7. The summed E-state index contributed by atoms with van der Waals surface area (Å²) in [5.41, 5.74) is 2.56. The lowest BCUT2D eigenvalue weighted by atomic mass is 10.0. The Morgan fingerprint density at radius 1 is 1.25 bits per heavy atom. The molecule has 0 radical (unpaired) electrons. The number of fused-ring (bicyclic) bond motifs is 1. The van der Waals surface area contributed by atoms with Gasteiger partial charge in [-0.1, -0.05) is 24.3 Å². The minimum absolute atomic E-state index is 0.0222. The second-order valence-corrected chi connectivity index (χ2v) is 6.68. The number of rotatable bonds is 5. The zero-order chi connectivity index (χ0) is 16.8. The highest BCUT2D eigenvalue weighted by atomic mass is 16.3. The molecule has 6 nitrogen and oxygen atoms in total.